The number of rotatable bonds is 5. The lowest BCUT2D eigenvalue weighted by Crippen LogP contribution is -2.23. The number of nitrogens with one attached hydrogen (secondary N) is 1. The highest BCUT2D eigenvalue weighted by Gasteiger charge is 2.30. The molecule has 29 heavy (non-hydrogen) atoms. The highest BCUT2D eigenvalue weighted by atomic mass is 32.2. The van der Waals surface area contributed by atoms with E-state index in [-0.39, 0.29) is 11.8 Å². The normalized spacial score (nSPS) is 16.4. The molecule has 150 valence electrons. The zero-order valence-electron chi connectivity index (χ0n) is 16.9. The molecule has 2 atom stereocenters. The minimum Gasteiger partial charge on any atom is -0.310 e. The Morgan fingerprint density at radius 1 is 1.14 bits per heavy atom. The van der Waals surface area contributed by atoms with Gasteiger partial charge in [0.15, 0.2) is 0 Å². The van der Waals surface area contributed by atoms with Crippen LogP contribution in [0.4, 0.5) is 5.82 Å². The number of anilines is 1. The Labute approximate surface area is 173 Å². The van der Waals surface area contributed by atoms with Gasteiger partial charge < -0.3 is 5.32 Å². The first-order valence-electron chi connectivity index (χ1n) is 9.87. The lowest BCUT2D eigenvalue weighted by molar-refractivity contribution is -0.117. The second-order valence-corrected chi connectivity index (χ2v) is 8.95. The number of carbonyl (C=O) groups is 1. The summed E-state index contributed by atoms with van der Waals surface area (Å²) in [7, 11) is -0.963. The second kappa shape index (κ2) is 7.95. The third-order valence-electron chi connectivity index (χ3n) is 5.64. The molecule has 6 heteroatoms. The number of fused-ring (bicyclic) bond motifs is 1. The smallest absolute Gasteiger partial charge is 0.233 e. The lowest BCUT2D eigenvalue weighted by atomic mass is 9.95. The van der Waals surface area contributed by atoms with E-state index in [2.05, 4.69) is 25.2 Å². The third kappa shape index (κ3) is 3.65. The molecule has 0 aliphatic carbocycles. The molecular formula is C23H25N3O2S. The fourth-order valence-corrected chi connectivity index (χ4v) is 5.12. The zero-order valence-corrected chi connectivity index (χ0v) is 17.8. The van der Waals surface area contributed by atoms with Crippen molar-refractivity contribution in [2.45, 2.75) is 44.6 Å². The van der Waals surface area contributed by atoms with E-state index in [1.807, 2.05) is 54.1 Å². The number of hydrogen-bond donors (Lipinski definition) is 1. The standard InChI is InChI=1S/C23H25N3O2S/c1-4-18(17-10-6-5-7-11-17)23(27)24-22-19-13-29(28)14-20(19)25-26(22)21-12-8-9-15(2)16(21)3/h5-12,18H,4,13-14H2,1-3H3,(H,24,27). The van der Waals surface area contributed by atoms with Gasteiger partial charge in [0, 0.05) is 16.4 Å². The molecule has 0 fully saturated rings. The molecule has 5 nitrogen and oxygen atoms in total. The molecule has 1 aliphatic rings. The number of benzene rings is 2. The number of hydrogen-bond acceptors (Lipinski definition) is 3. The molecule has 1 aliphatic heterocycles. The van der Waals surface area contributed by atoms with E-state index in [1.54, 1.807) is 0 Å². The first-order chi connectivity index (χ1) is 14.0. The van der Waals surface area contributed by atoms with Crippen molar-refractivity contribution in [1.29, 1.82) is 0 Å². The minimum atomic E-state index is -0.963. The van der Waals surface area contributed by atoms with E-state index in [9.17, 15) is 9.00 Å². The van der Waals surface area contributed by atoms with Crippen LogP contribution in [0.2, 0.25) is 0 Å². The summed E-state index contributed by atoms with van der Waals surface area (Å²) < 4.78 is 13.9. The van der Waals surface area contributed by atoms with Gasteiger partial charge in [-0.1, -0.05) is 49.4 Å². The van der Waals surface area contributed by atoms with Crippen LogP contribution in [0.3, 0.4) is 0 Å². The summed E-state index contributed by atoms with van der Waals surface area (Å²) in [6.07, 6.45) is 0.696. The second-order valence-electron chi connectivity index (χ2n) is 7.49. The van der Waals surface area contributed by atoms with Crippen LogP contribution in [0.5, 0.6) is 0 Å². The summed E-state index contributed by atoms with van der Waals surface area (Å²) in [5.74, 6) is 1.20. The van der Waals surface area contributed by atoms with Gasteiger partial charge in [0.2, 0.25) is 5.91 Å². The highest BCUT2D eigenvalue weighted by molar-refractivity contribution is 7.83. The predicted molar refractivity (Wildman–Crippen MR) is 117 cm³/mol. The van der Waals surface area contributed by atoms with Gasteiger partial charge in [0.25, 0.3) is 0 Å². The Bertz CT molecular complexity index is 1090. The largest absolute Gasteiger partial charge is 0.310 e. The Hall–Kier alpha value is -2.73. The summed E-state index contributed by atoms with van der Waals surface area (Å²) >= 11 is 0. The summed E-state index contributed by atoms with van der Waals surface area (Å²) in [6, 6.07) is 15.9. The first kappa shape index (κ1) is 19.6. The fourth-order valence-electron chi connectivity index (χ4n) is 3.86. The SMILES string of the molecule is CCC(C(=O)Nc1c2c(nn1-c1cccc(C)c1C)CS(=O)C2)c1ccccc1. The van der Waals surface area contributed by atoms with Crippen LogP contribution in [0.1, 0.15) is 47.2 Å². The van der Waals surface area contributed by atoms with Crippen molar-refractivity contribution in [3.63, 3.8) is 0 Å². The predicted octanol–water partition coefficient (Wildman–Crippen LogP) is 4.38. The molecule has 0 saturated carbocycles. The molecule has 0 radical (unpaired) electrons. The number of aryl methyl sites for hydroxylation is 1. The molecule has 1 N–H and O–H groups in total. The maximum Gasteiger partial charge on any atom is 0.233 e. The van der Waals surface area contributed by atoms with E-state index >= 15 is 0 Å². The van der Waals surface area contributed by atoms with Gasteiger partial charge in [-0.15, -0.1) is 0 Å². The number of aromatic nitrogens is 2. The number of amides is 1. The molecule has 0 bridgehead atoms. The molecule has 0 saturated heterocycles. The van der Waals surface area contributed by atoms with E-state index in [0.717, 1.165) is 33.6 Å². The van der Waals surface area contributed by atoms with Crippen LogP contribution in [-0.2, 0) is 27.1 Å². The molecule has 2 aromatic carbocycles. The van der Waals surface area contributed by atoms with Crippen molar-refractivity contribution in [2.24, 2.45) is 0 Å². The van der Waals surface area contributed by atoms with Crippen LogP contribution in [-0.4, -0.2) is 19.9 Å². The monoisotopic (exact) mass is 407 g/mol. The Kier molecular flexibility index (Phi) is 5.37. The van der Waals surface area contributed by atoms with Crippen LogP contribution in [0.25, 0.3) is 5.69 Å². The minimum absolute atomic E-state index is 0.0642. The summed E-state index contributed by atoms with van der Waals surface area (Å²) in [5.41, 5.74) is 5.90. The third-order valence-corrected chi connectivity index (χ3v) is 6.85. The fraction of sp³-hybridized carbons (Fsp3) is 0.304. The average molecular weight is 408 g/mol. The molecule has 2 unspecified atom stereocenters. The van der Waals surface area contributed by atoms with E-state index in [1.165, 1.54) is 0 Å². The highest BCUT2D eigenvalue weighted by Crippen LogP contribution is 2.33. The molecule has 3 aromatic rings. The molecule has 1 aromatic heterocycles. The Morgan fingerprint density at radius 2 is 1.90 bits per heavy atom. The van der Waals surface area contributed by atoms with Crippen molar-refractivity contribution in [3.8, 4) is 5.69 Å². The van der Waals surface area contributed by atoms with Gasteiger partial charge in [-0.2, -0.15) is 5.10 Å². The first-order valence-corrected chi connectivity index (χ1v) is 11.4. The molecule has 1 amide bonds. The van der Waals surface area contributed by atoms with Crippen molar-refractivity contribution < 1.29 is 9.00 Å². The van der Waals surface area contributed by atoms with Crippen molar-refractivity contribution in [2.75, 3.05) is 5.32 Å². The number of nitrogens with zero attached hydrogens (tertiary/aromatic N) is 2. The van der Waals surface area contributed by atoms with Gasteiger partial charge in [-0.25, -0.2) is 4.68 Å². The quantitative estimate of drug-likeness (QED) is 0.682. The van der Waals surface area contributed by atoms with Gasteiger partial charge in [0.05, 0.1) is 28.8 Å². The van der Waals surface area contributed by atoms with Crippen molar-refractivity contribution >= 4 is 22.5 Å². The molecule has 0 spiro atoms. The van der Waals surface area contributed by atoms with Crippen molar-refractivity contribution in [3.05, 3.63) is 76.5 Å². The summed E-state index contributed by atoms with van der Waals surface area (Å²) in [4.78, 5) is 13.2. The van der Waals surface area contributed by atoms with Gasteiger partial charge >= 0.3 is 0 Å². The van der Waals surface area contributed by atoms with Crippen molar-refractivity contribution in [1.82, 2.24) is 9.78 Å². The molecule has 4 rings (SSSR count). The van der Waals surface area contributed by atoms with Crippen LogP contribution >= 0.6 is 0 Å². The summed E-state index contributed by atoms with van der Waals surface area (Å²) in [6.45, 7) is 6.13. The Morgan fingerprint density at radius 3 is 2.62 bits per heavy atom. The molecular weight excluding hydrogens is 382 g/mol. The summed E-state index contributed by atoms with van der Waals surface area (Å²) in [5, 5.41) is 7.87. The van der Waals surface area contributed by atoms with Gasteiger partial charge in [0.1, 0.15) is 5.82 Å². The van der Waals surface area contributed by atoms with E-state index in [0.29, 0.717) is 23.7 Å². The topological polar surface area (TPSA) is 64.0 Å². The molecule has 2 heterocycles. The van der Waals surface area contributed by atoms with Crippen LogP contribution in [0, 0.1) is 13.8 Å². The zero-order chi connectivity index (χ0) is 20.5. The van der Waals surface area contributed by atoms with Gasteiger partial charge in [-0.3, -0.25) is 9.00 Å². The van der Waals surface area contributed by atoms with E-state index < -0.39 is 10.8 Å². The van der Waals surface area contributed by atoms with Crippen LogP contribution < -0.4 is 5.32 Å². The maximum atomic E-state index is 13.2. The number of carbonyl (C=O) groups excluding carboxylic acids is 1. The van der Waals surface area contributed by atoms with Gasteiger partial charge in [-0.05, 0) is 43.0 Å². The average Bonchev–Trinajstić information content (AvgIpc) is 3.22. The van der Waals surface area contributed by atoms with E-state index in [4.69, 9.17) is 5.10 Å². The lowest BCUT2D eigenvalue weighted by Gasteiger charge is -2.18. The maximum absolute atomic E-state index is 13.2. The van der Waals surface area contributed by atoms with Crippen LogP contribution in [0.15, 0.2) is 48.5 Å². The Balaban J connectivity index is 1.76.